The number of benzene rings is 2. The zero-order chi connectivity index (χ0) is 20.4. The average Bonchev–Trinajstić information content (AvgIpc) is 3.12. The maximum atomic E-state index is 13.4. The minimum atomic E-state index is -0.339. The number of pyridine rings is 1. The number of imidazole rings is 1. The lowest BCUT2D eigenvalue weighted by atomic mass is 10.1. The van der Waals surface area contributed by atoms with E-state index in [2.05, 4.69) is 10.3 Å². The number of nitrogens with one attached hydrogen (secondary N) is 1. The summed E-state index contributed by atoms with van der Waals surface area (Å²) in [5.41, 5.74) is 2.30. The molecule has 0 bridgehead atoms. The Kier molecular flexibility index (Phi) is 4.87. The fraction of sp³-hybridized carbons (Fsp3) is 0.0909. The van der Waals surface area contributed by atoms with Crippen LogP contribution >= 0.6 is 0 Å². The predicted molar refractivity (Wildman–Crippen MR) is 108 cm³/mol. The highest BCUT2D eigenvalue weighted by Gasteiger charge is 2.18. The van der Waals surface area contributed by atoms with Crippen LogP contribution in [-0.4, -0.2) is 29.5 Å². The van der Waals surface area contributed by atoms with Crippen molar-refractivity contribution in [2.24, 2.45) is 0 Å². The number of carbonyl (C=O) groups excluding carboxylic acids is 1. The molecule has 0 radical (unpaired) electrons. The van der Waals surface area contributed by atoms with Crippen LogP contribution in [0, 0.1) is 5.82 Å². The van der Waals surface area contributed by atoms with Crippen LogP contribution in [0.25, 0.3) is 16.9 Å². The van der Waals surface area contributed by atoms with E-state index in [0.717, 1.165) is 0 Å². The zero-order valence-electron chi connectivity index (χ0n) is 15.8. The lowest BCUT2D eigenvalue weighted by molar-refractivity contribution is 0.102. The fourth-order valence-corrected chi connectivity index (χ4v) is 3.08. The number of amides is 1. The van der Waals surface area contributed by atoms with Gasteiger partial charge >= 0.3 is 0 Å². The molecule has 0 atom stereocenters. The number of carbonyl (C=O) groups is 1. The fourth-order valence-electron chi connectivity index (χ4n) is 3.08. The number of anilines is 1. The van der Waals surface area contributed by atoms with Crippen molar-refractivity contribution in [2.45, 2.75) is 0 Å². The van der Waals surface area contributed by atoms with Crippen LogP contribution in [0.4, 0.5) is 10.2 Å². The molecule has 0 aliphatic carbocycles. The number of methoxy groups -OCH3 is 2. The average molecular weight is 391 g/mol. The second kappa shape index (κ2) is 7.63. The number of rotatable bonds is 5. The van der Waals surface area contributed by atoms with E-state index in [1.165, 1.54) is 26.4 Å². The van der Waals surface area contributed by atoms with Crippen LogP contribution in [0.1, 0.15) is 10.4 Å². The van der Waals surface area contributed by atoms with Crippen LogP contribution in [0.3, 0.4) is 0 Å². The summed E-state index contributed by atoms with van der Waals surface area (Å²) in [5.74, 6) is 0.809. The van der Waals surface area contributed by atoms with Crippen LogP contribution < -0.4 is 14.8 Å². The van der Waals surface area contributed by atoms with Crippen molar-refractivity contribution in [3.8, 4) is 22.8 Å². The summed E-state index contributed by atoms with van der Waals surface area (Å²) >= 11 is 0. The minimum Gasteiger partial charge on any atom is -0.493 e. The number of ether oxygens (including phenoxy) is 2. The molecule has 0 saturated heterocycles. The zero-order valence-corrected chi connectivity index (χ0v) is 15.8. The first-order valence-electron chi connectivity index (χ1n) is 8.87. The number of halogens is 1. The Balaban J connectivity index is 1.76. The van der Waals surface area contributed by atoms with Crippen molar-refractivity contribution in [1.82, 2.24) is 9.38 Å². The first-order chi connectivity index (χ1) is 14.1. The third kappa shape index (κ3) is 3.50. The van der Waals surface area contributed by atoms with Gasteiger partial charge in [0.2, 0.25) is 0 Å². The number of fused-ring (bicyclic) bond motifs is 1. The van der Waals surface area contributed by atoms with E-state index >= 15 is 0 Å². The first kappa shape index (κ1) is 18.5. The Morgan fingerprint density at radius 3 is 2.48 bits per heavy atom. The van der Waals surface area contributed by atoms with E-state index in [9.17, 15) is 9.18 Å². The number of hydrogen-bond donors (Lipinski definition) is 1. The topological polar surface area (TPSA) is 64.9 Å². The SMILES string of the molecule is COc1ccc(C(=O)Nc2c(-c3ccc(F)cc3)nc3ccccn23)cc1OC. The molecule has 2 heterocycles. The quantitative estimate of drug-likeness (QED) is 0.547. The van der Waals surface area contributed by atoms with Gasteiger partial charge in [-0.3, -0.25) is 9.20 Å². The van der Waals surface area contributed by atoms with E-state index < -0.39 is 0 Å². The number of aromatic nitrogens is 2. The highest BCUT2D eigenvalue weighted by Crippen LogP contribution is 2.31. The highest BCUT2D eigenvalue weighted by molar-refractivity contribution is 6.06. The van der Waals surface area contributed by atoms with Gasteiger partial charge in [-0.15, -0.1) is 0 Å². The van der Waals surface area contributed by atoms with Crippen LogP contribution in [0.15, 0.2) is 66.9 Å². The molecule has 7 heteroatoms. The molecule has 0 fully saturated rings. The molecular formula is C22H18FN3O3. The Labute approximate surface area is 166 Å². The predicted octanol–water partition coefficient (Wildman–Crippen LogP) is 4.41. The first-order valence-corrected chi connectivity index (χ1v) is 8.87. The molecule has 2 aromatic carbocycles. The third-order valence-corrected chi connectivity index (χ3v) is 4.53. The van der Waals surface area contributed by atoms with Gasteiger partial charge in [0.25, 0.3) is 5.91 Å². The summed E-state index contributed by atoms with van der Waals surface area (Å²) in [7, 11) is 3.04. The molecule has 1 amide bonds. The minimum absolute atomic E-state index is 0.333. The lowest BCUT2D eigenvalue weighted by Crippen LogP contribution is -2.14. The molecule has 4 aromatic rings. The van der Waals surface area contributed by atoms with Gasteiger partial charge in [0.05, 0.1) is 14.2 Å². The molecule has 146 valence electrons. The smallest absolute Gasteiger partial charge is 0.256 e. The maximum absolute atomic E-state index is 13.4. The van der Waals surface area contributed by atoms with Gasteiger partial charge in [-0.05, 0) is 54.6 Å². The summed E-state index contributed by atoms with van der Waals surface area (Å²) in [6, 6.07) is 16.4. The van der Waals surface area contributed by atoms with Gasteiger partial charge in [0.15, 0.2) is 11.5 Å². The van der Waals surface area contributed by atoms with E-state index in [4.69, 9.17) is 9.47 Å². The Bertz CT molecular complexity index is 1190. The standard InChI is InChI=1S/C22H18FN3O3/c1-28-17-11-8-15(13-18(17)29-2)22(27)25-21-20(14-6-9-16(23)10-7-14)24-19-5-3-4-12-26(19)21/h3-13H,1-2H3,(H,25,27). The van der Waals surface area contributed by atoms with Gasteiger partial charge < -0.3 is 14.8 Å². The van der Waals surface area contributed by atoms with Crippen LogP contribution in [-0.2, 0) is 0 Å². The van der Waals surface area contributed by atoms with Gasteiger partial charge in [0.1, 0.15) is 23.0 Å². The molecule has 0 saturated carbocycles. The lowest BCUT2D eigenvalue weighted by Gasteiger charge is -2.11. The van der Waals surface area contributed by atoms with Crippen LogP contribution in [0.5, 0.6) is 11.5 Å². The second-order valence-electron chi connectivity index (χ2n) is 6.27. The Morgan fingerprint density at radius 2 is 1.76 bits per heavy atom. The normalized spacial score (nSPS) is 10.7. The van der Waals surface area contributed by atoms with Crippen molar-refractivity contribution in [3.05, 3.63) is 78.2 Å². The molecule has 4 rings (SSSR count). The van der Waals surface area contributed by atoms with Gasteiger partial charge in [0, 0.05) is 17.3 Å². The molecule has 0 spiro atoms. The van der Waals surface area contributed by atoms with Gasteiger partial charge in [-0.1, -0.05) is 6.07 Å². The largest absolute Gasteiger partial charge is 0.493 e. The Morgan fingerprint density at radius 1 is 1.00 bits per heavy atom. The van der Waals surface area contributed by atoms with Crippen molar-refractivity contribution in [2.75, 3.05) is 19.5 Å². The monoisotopic (exact) mass is 391 g/mol. The Hall–Kier alpha value is -3.87. The van der Waals surface area contributed by atoms with Crippen molar-refractivity contribution < 1.29 is 18.7 Å². The van der Waals surface area contributed by atoms with Crippen LogP contribution in [0.2, 0.25) is 0 Å². The molecule has 0 aliphatic rings. The summed E-state index contributed by atoms with van der Waals surface area (Å²) in [6.45, 7) is 0. The molecule has 2 aromatic heterocycles. The van der Waals surface area contributed by atoms with E-state index in [-0.39, 0.29) is 11.7 Å². The van der Waals surface area contributed by atoms with Gasteiger partial charge in [-0.25, -0.2) is 9.37 Å². The molecule has 0 aliphatic heterocycles. The molecule has 29 heavy (non-hydrogen) atoms. The van der Waals surface area contributed by atoms with E-state index in [1.54, 1.807) is 40.9 Å². The maximum Gasteiger partial charge on any atom is 0.256 e. The molecular weight excluding hydrogens is 373 g/mol. The van der Waals surface area contributed by atoms with Gasteiger partial charge in [-0.2, -0.15) is 0 Å². The van der Waals surface area contributed by atoms with Crippen molar-refractivity contribution >= 4 is 17.4 Å². The summed E-state index contributed by atoms with van der Waals surface area (Å²) in [6.07, 6.45) is 1.81. The highest BCUT2D eigenvalue weighted by atomic mass is 19.1. The van der Waals surface area contributed by atoms with E-state index in [0.29, 0.717) is 39.8 Å². The molecule has 0 unspecified atom stereocenters. The third-order valence-electron chi connectivity index (χ3n) is 4.53. The summed E-state index contributed by atoms with van der Waals surface area (Å²) in [4.78, 5) is 17.6. The van der Waals surface area contributed by atoms with Crippen molar-refractivity contribution in [3.63, 3.8) is 0 Å². The van der Waals surface area contributed by atoms with E-state index in [1.807, 2.05) is 18.2 Å². The second-order valence-corrected chi connectivity index (χ2v) is 6.27. The summed E-state index contributed by atoms with van der Waals surface area (Å²) in [5, 5.41) is 2.92. The summed E-state index contributed by atoms with van der Waals surface area (Å²) < 4.78 is 25.6. The number of hydrogen-bond acceptors (Lipinski definition) is 4. The molecule has 1 N–H and O–H groups in total. The number of nitrogens with zero attached hydrogens (tertiary/aromatic N) is 2. The molecule has 6 nitrogen and oxygen atoms in total. The van der Waals surface area contributed by atoms with Crippen molar-refractivity contribution in [1.29, 1.82) is 0 Å².